The molecule has 20 heavy (non-hydrogen) atoms. The Morgan fingerprint density at radius 1 is 0.950 bits per heavy atom. The van der Waals surface area contributed by atoms with E-state index in [0.717, 1.165) is 22.4 Å². The van der Waals surface area contributed by atoms with Crippen molar-refractivity contribution in [2.75, 3.05) is 5.32 Å². The molecule has 0 aliphatic carbocycles. The third-order valence-corrected chi connectivity index (χ3v) is 3.32. The fourth-order valence-electron chi connectivity index (χ4n) is 2.26. The van der Waals surface area contributed by atoms with Crippen LogP contribution in [0, 0.1) is 0 Å². The molecule has 1 heterocycles. The summed E-state index contributed by atoms with van der Waals surface area (Å²) >= 11 is 0. The Labute approximate surface area is 118 Å². The monoisotopic (exact) mass is 261 g/mol. The molecule has 2 nitrogen and oxygen atoms in total. The van der Waals surface area contributed by atoms with Gasteiger partial charge in [0.05, 0.1) is 0 Å². The van der Waals surface area contributed by atoms with Crippen molar-refractivity contribution >= 4 is 17.7 Å². The van der Waals surface area contributed by atoms with Gasteiger partial charge in [0.15, 0.2) is 0 Å². The summed E-state index contributed by atoms with van der Waals surface area (Å²) in [5, 5.41) is 2.92. The number of hydrogen-bond acceptors (Lipinski definition) is 1. The summed E-state index contributed by atoms with van der Waals surface area (Å²) < 4.78 is 0. The van der Waals surface area contributed by atoms with Crippen LogP contribution in [0.4, 0.5) is 5.69 Å². The van der Waals surface area contributed by atoms with Gasteiger partial charge in [-0.1, -0.05) is 66.8 Å². The van der Waals surface area contributed by atoms with Crippen LogP contribution >= 0.6 is 0 Å². The lowest BCUT2D eigenvalue weighted by Crippen LogP contribution is -2.21. The highest BCUT2D eigenvalue weighted by Gasteiger charge is 2.18. The van der Waals surface area contributed by atoms with Crippen LogP contribution in [0.2, 0.25) is 0 Å². The second kappa shape index (κ2) is 5.57. The molecular weight excluding hydrogens is 246 g/mol. The number of hydrogen-bond donors (Lipinski definition) is 1. The molecule has 0 saturated heterocycles. The minimum atomic E-state index is -0.0126. The Morgan fingerprint density at radius 3 is 2.55 bits per heavy atom. The Morgan fingerprint density at radius 2 is 1.70 bits per heavy atom. The minimum Gasteiger partial charge on any atom is -0.322 e. The van der Waals surface area contributed by atoms with Crippen molar-refractivity contribution in [3.8, 4) is 0 Å². The molecule has 0 radical (unpaired) electrons. The first-order chi connectivity index (χ1) is 9.83. The van der Waals surface area contributed by atoms with Crippen molar-refractivity contribution in [2.24, 2.45) is 0 Å². The van der Waals surface area contributed by atoms with E-state index < -0.39 is 0 Å². The number of para-hydroxylation sites is 1. The van der Waals surface area contributed by atoms with Crippen LogP contribution in [-0.2, 0) is 11.2 Å². The molecule has 0 saturated carbocycles. The van der Waals surface area contributed by atoms with E-state index in [1.54, 1.807) is 0 Å². The minimum absolute atomic E-state index is 0.0126. The van der Waals surface area contributed by atoms with Gasteiger partial charge >= 0.3 is 0 Å². The van der Waals surface area contributed by atoms with Crippen LogP contribution in [0.15, 0.2) is 72.3 Å². The van der Waals surface area contributed by atoms with E-state index in [1.807, 2.05) is 72.8 Å². The standard InChI is InChI=1S/C18H15NO/c20-18-16(11-6-9-14-7-2-1-3-8-14)13-15-10-4-5-12-17(15)19-18/h1-12H,13H2,(H,19,20)/b9-6+,16-11+. The lowest BCUT2D eigenvalue weighted by molar-refractivity contribution is -0.113. The zero-order valence-electron chi connectivity index (χ0n) is 11.0. The van der Waals surface area contributed by atoms with E-state index >= 15 is 0 Å². The fourth-order valence-corrected chi connectivity index (χ4v) is 2.26. The molecule has 0 aromatic heterocycles. The van der Waals surface area contributed by atoms with Crippen LogP contribution in [0.25, 0.3) is 6.08 Å². The molecule has 1 N–H and O–H groups in total. The van der Waals surface area contributed by atoms with Gasteiger partial charge in [-0.05, 0) is 17.2 Å². The zero-order chi connectivity index (χ0) is 13.8. The van der Waals surface area contributed by atoms with Gasteiger partial charge in [0, 0.05) is 17.7 Å². The first-order valence-corrected chi connectivity index (χ1v) is 6.64. The van der Waals surface area contributed by atoms with Crippen molar-refractivity contribution in [3.05, 3.63) is 83.4 Å². The highest BCUT2D eigenvalue weighted by atomic mass is 16.1. The van der Waals surface area contributed by atoms with Gasteiger partial charge in [0.25, 0.3) is 5.91 Å². The lowest BCUT2D eigenvalue weighted by atomic mass is 9.98. The number of allylic oxidation sites excluding steroid dienone is 2. The van der Waals surface area contributed by atoms with Crippen LogP contribution in [0.1, 0.15) is 11.1 Å². The molecule has 3 rings (SSSR count). The Balaban J connectivity index is 1.80. The number of nitrogens with one attached hydrogen (secondary N) is 1. The second-order valence-electron chi connectivity index (χ2n) is 4.75. The maximum atomic E-state index is 12.0. The van der Waals surface area contributed by atoms with Gasteiger partial charge < -0.3 is 5.32 Å². The van der Waals surface area contributed by atoms with Gasteiger partial charge in [-0.25, -0.2) is 0 Å². The molecule has 0 spiro atoms. The molecule has 2 heteroatoms. The number of amides is 1. The average molecular weight is 261 g/mol. The maximum absolute atomic E-state index is 12.0. The van der Waals surface area contributed by atoms with Gasteiger partial charge in [-0.15, -0.1) is 0 Å². The van der Waals surface area contributed by atoms with E-state index in [0.29, 0.717) is 6.42 Å². The van der Waals surface area contributed by atoms with E-state index in [9.17, 15) is 4.79 Å². The molecule has 1 amide bonds. The van der Waals surface area contributed by atoms with E-state index in [4.69, 9.17) is 0 Å². The number of fused-ring (bicyclic) bond motifs is 1. The van der Waals surface area contributed by atoms with Crippen molar-refractivity contribution in [1.29, 1.82) is 0 Å². The zero-order valence-corrected chi connectivity index (χ0v) is 11.0. The number of carbonyl (C=O) groups is 1. The van der Waals surface area contributed by atoms with Crippen LogP contribution < -0.4 is 5.32 Å². The van der Waals surface area contributed by atoms with Gasteiger partial charge in [-0.2, -0.15) is 0 Å². The van der Waals surface area contributed by atoms with Crippen LogP contribution in [0.5, 0.6) is 0 Å². The Bertz CT molecular complexity index is 684. The van der Waals surface area contributed by atoms with Crippen molar-refractivity contribution < 1.29 is 4.79 Å². The summed E-state index contributed by atoms with van der Waals surface area (Å²) in [4.78, 5) is 12.0. The first kappa shape index (κ1) is 12.4. The maximum Gasteiger partial charge on any atom is 0.251 e. The summed E-state index contributed by atoms with van der Waals surface area (Å²) in [5.41, 5.74) is 3.99. The quantitative estimate of drug-likeness (QED) is 0.818. The second-order valence-corrected chi connectivity index (χ2v) is 4.75. The molecule has 0 unspecified atom stereocenters. The molecule has 1 aliphatic heterocycles. The van der Waals surface area contributed by atoms with Gasteiger partial charge in [0.1, 0.15) is 0 Å². The molecular formula is C18H15NO. The summed E-state index contributed by atoms with van der Waals surface area (Å²) in [6, 6.07) is 18.0. The van der Waals surface area contributed by atoms with E-state index in [2.05, 4.69) is 5.32 Å². The molecule has 2 aromatic carbocycles. The topological polar surface area (TPSA) is 29.1 Å². The number of rotatable bonds is 2. The molecule has 0 fully saturated rings. The number of benzene rings is 2. The van der Waals surface area contributed by atoms with Crippen LogP contribution in [0.3, 0.4) is 0 Å². The number of anilines is 1. The summed E-state index contributed by atoms with van der Waals surface area (Å²) in [5.74, 6) is -0.0126. The van der Waals surface area contributed by atoms with Gasteiger partial charge in [-0.3, -0.25) is 4.79 Å². The van der Waals surface area contributed by atoms with Crippen molar-refractivity contribution in [3.63, 3.8) is 0 Å². The van der Waals surface area contributed by atoms with Gasteiger partial charge in [0.2, 0.25) is 0 Å². The Hall–Kier alpha value is -2.61. The normalized spacial score (nSPS) is 16.2. The van der Waals surface area contributed by atoms with Crippen molar-refractivity contribution in [1.82, 2.24) is 0 Å². The average Bonchev–Trinajstić information content (AvgIpc) is 2.49. The SMILES string of the molecule is O=C1Nc2ccccc2C/C1=C\C=C\c1ccccc1. The van der Waals surface area contributed by atoms with E-state index in [1.165, 1.54) is 0 Å². The Kier molecular flexibility index (Phi) is 3.46. The third-order valence-electron chi connectivity index (χ3n) is 3.32. The predicted octanol–water partition coefficient (Wildman–Crippen LogP) is 3.82. The van der Waals surface area contributed by atoms with E-state index in [-0.39, 0.29) is 5.91 Å². The summed E-state index contributed by atoms with van der Waals surface area (Å²) in [6.07, 6.45) is 6.50. The lowest BCUT2D eigenvalue weighted by Gasteiger charge is -2.18. The third kappa shape index (κ3) is 2.69. The summed E-state index contributed by atoms with van der Waals surface area (Å²) in [7, 11) is 0. The summed E-state index contributed by atoms with van der Waals surface area (Å²) in [6.45, 7) is 0. The molecule has 0 bridgehead atoms. The fraction of sp³-hybridized carbons (Fsp3) is 0.0556. The molecule has 2 aromatic rings. The highest BCUT2D eigenvalue weighted by molar-refractivity contribution is 6.06. The highest BCUT2D eigenvalue weighted by Crippen LogP contribution is 2.24. The van der Waals surface area contributed by atoms with Crippen LogP contribution in [-0.4, -0.2) is 5.91 Å². The molecule has 98 valence electrons. The molecule has 1 aliphatic rings. The number of carbonyl (C=O) groups excluding carboxylic acids is 1. The first-order valence-electron chi connectivity index (χ1n) is 6.64. The van der Waals surface area contributed by atoms with Crippen molar-refractivity contribution in [2.45, 2.75) is 6.42 Å². The smallest absolute Gasteiger partial charge is 0.251 e. The predicted molar refractivity (Wildman–Crippen MR) is 82.3 cm³/mol. The largest absolute Gasteiger partial charge is 0.322 e. The molecule has 0 atom stereocenters.